The van der Waals surface area contributed by atoms with Crippen molar-refractivity contribution in [3.8, 4) is 0 Å². The first-order valence-corrected chi connectivity index (χ1v) is 7.76. The van der Waals surface area contributed by atoms with E-state index < -0.39 is 10.0 Å². The standard InChI is InChI=1S/C10H15ClN4O2S/c1-14(18(2,16)17)9-3-4-15(7-9)10-12-5-8(11)6-13-10/h5-6,9H,3-4,7H2,1-2H3. The number of halogens is 1. The lowest BCUT2D eigenvalue weighted by molar-refractivity contribution is 0.393. The number of nitrogens with zero attached hydrogens (tertiary/aromatic N) is 4. The molecule has 1 aliphatic rings. The van der Waals surface area contributed by atoms with Crippen LogP contribution in [0.2, 0.25) is 5.02 Å². The van der Waals surface area contributed by atoms with Gasteiger partial charge in [-0.05, 0) is 6.42 Å². The zero-order chi connectivity index (χ0) is 13.3. The Labute approximate surface area is 112 Å². The van der Waals surface area contributed by atoms with Crippen molar-refractivity contribution in [2.45, 2.75) is 12.5 Å². The van der Waals surface area contributed by atoms with Gasteiger partial charge in [-0.2, -0.15) is 0 Å². The SMILES string of the molecule is CN(C1CCN(c2ncc(Cl)cn2)C1)S(C)(=O)=O. The molecule has 1 aliphatic heterocycles. The number of likely N-dealkylation sites (N-methyl/N-ethyl adjacent to an activating group) is 1. The molecule has 0 aromatic carbocycles. The van der Waals surface area contributed by atoms with Gasteiger partial charge in [-0.15, -0.1) is 0 Å². The normalized spacial score (nSPS) is 20.7. The Hall–Kier alpha value is -0.920. The van der Waals surface area contributed by atoms with Crippen LogP contribution in [0.4, 0.5) is 5.95 Å². The second-order valence-electron chi connectivity index (χ2n) is 4.37. The molecule has 0 spiro atoms. The van der Waals surface area contributed by atoms with E-state index in [0.717, 1.165) is 13.0 Å². The van der Waals surface area contributed by atoms with E-state index in [4.69, 9.17) is 11.6 Å². The van der Waals surface area contributed by atoms with Crippen molar-refractivity contribution in [2.75, 3.05) is 31.3 Å². The van der Waals surface area contributed by atoms with E-state index in [1.807, 2.05) is 4.90 Å². The van der Waals surface area contributed by atoms with Crippen molar-refractivity contribution in [1.29, 1.82) is 0 Å². The Morgan fingerprint density at radius 1 is 1.44 bits per heavy atom. The number of aromatic nitrogens is 2. The van der Waals surface area contributed by atoms with Crippen LogP contribution in [0.25, 0.3) is 0 Å². The van der Waals surface area contributed by atoms with E-state index in [0.29, 0.717) is 17.5 Å². The van der Waals surface area contributed by atoms with Crippen LogP contribution in [0.15, 0.2) is 12.4 Å². The van der Waals surface area contributed by atoms with Gasteiger partial charge in [0.25, 0.3) is 0 Å². The van der Waals surface area contributed by atoms with Crippen molar-refractivity contribution in [3.05, 3.63) is 17.4 Å². The van der Waals surface area contributed by atoms with Gasteiger partial charge in [0, 0.05) is 26.2 Å². The van der Waals surface area contributed by atoms with Crippen LogP contribution in [-0.4, -0.2) is 55.1 Å². The monoisotopic (exact) mass is 290 g/mol. The van der Waals surface area contributed by atoms with Crippen molar-refractivity contribution in [3.63, 3.8) is 0 Å². The highest BCUT2D eigenvalue weighted by Crippen LogP contribution is 2.20. The molecule has 100 valence electrons. The van der Waals surface area contributed by atoms with Gasteiger partial charge in [0.1, 0.15) is 0 Å². The van der Waals surface area contributed by atoms with E-state index in [9.17, 15) is 8.42 Å². The smallest absolute Gasteiger partial charge is 0.225 e. The molecule has 0 N–H and O–H groups in total. The maximum atomic E-state index is 11.5. The van der Waals surface area contributed by atoms with Gasteiger partial charge < -0.3 is 4.90 Å². The van der Waals surface area contributed by atoms with E-state index in [-0.39, 0.29) is 6.04 Å². The summed E-state index contributed by atoms with van der Waals surface area (Å²) in [4.78, 5) is 10.2. The topological polar surface area (TPSA) is 66.4 Å². The average Bonchev–Trinajstić information content (AvgIpc) is 2.77. The Balaban J connectivity index is 2.07. The Kier molecular flexibility index (Phi) is 3.74. The second-order valence-corrected chi connectivity index (χ2v) is 6.85. The summed E-state index contributed by atoms with van der Waals surface area (Å²) in [6.45, 7) is 1.34. The summed E-state index contributed by atoms with van der Waals surface area (Å²) < 4.78 is 24.3. The fourth-order valence-corrected chi connectivity index (χ4v) is 2.77. The molecule has 2 heterocycles. The minimum Gasteiger partial charge on any atom is -0.339 e. The lowest BCUT2D eigenvalue weighted by atomic mass is 10.3. The molecular weight excluding hydrogens is 276 g/mol. The van der Waals surface area contributed by atoms with Gasteiger partial charge in [0.05, 0.1) is 23.7 Å². The molecule has 6 nitrogen and oxygen atoms in total. The summed E-state index contributed by atoms with van der Waals surface area (Å²) >= 11 is 5.73. The molecule has 8 heteroatoms. The molecule has 2 rings (SSSR count). The van der Waals surface area contributed by atoms with Crippen molar-refractivity contribution >= 4 is 27.6 Å². The molecule has 1 saturated heterocycles. The molecule has 0 radical (unpaired) electrons. The predicted molar refractivity (Wildman–Crippen MR) is 70.3 cm³/mol. The molecule has 0 amide bonds. The van der Waals surface area contributed by atoms with Crippen LogP contribution in [-0.2, 0) is 10.0 Å². The zero-order valence-electron chi connectivity index (χ0n) is 10.2. The number of hydrogen-bond donors (Lipinski definition) is 0. The molecule has 18 heavy (non-hydrogen) atoms. The summed E-state index contributed by atoms with van der Waals surface area (Å²) in [7, 11) is -1.55. The van der Waals surface area contributed by atoms with Crippen LogP contribution >= 0.6 is 11.6 Å². The number of anilines is 1. The second kappa shape index (κ2) is 4.99. The third-order valence-electron chi connectivity index (χ3n) is 3.09. The van der Waals surface area contributed by atoms with Crippen LogP contribution in [0.5, 0.6) is 0 Å². The molecule has 1 atom stereocenters. The molecule has 1 fully saturated rings. The minimum atomic E-state index is -3.15. The first kappa shape index (κ1) is 13.5. The van der Waals surface area contributed by atoms with Crippen molar-refractivity contribution < 1.29 is 8.42 Å². The molecular formula is C10H15ClN4O2S. The highest BCUT2D eigenvalue weighted by molar-refractivity contribution is 7.88. The van der Waals surface area contributed by atoms with Gasteiger partial charge >= 0.3 is 0 Å². The Morgan fingerprint density at radius 3 is 2.61 bits per heavy atom. The van der Waals surface area contributed by atoms with Gasteiger partial charge in [0.2, 0.25) is 16.0 Å². The number of rotatable bonds is 3. The summed E-state index contributed by atoms with van der Waals surface area (Å²) in [5.41, 5.74) is 0. The summed E-state index contributed by atoms with van der Waals surface area (Å²) in [6.07, 6.45) is 5.07. The summed E-state index contributed by atoms with van der Waals surface area (Å²) in [6, 6.07) is -0.0284. The fraction of sp³-hybridized carbons (Fsp3) is 0.600. The lowest BCUT2D eigenvalue weighted by Crippen LogP contribution is -2.38. The predicted octanol–water partition coefficient (Wildman–Crippen LogP) is 0.600. The van der Waals surface area contributed by atoms with Gasteiger partial charge in [-0.3, -0.25) is 0 Å². The van der Waals surface area contributed by atoms with Gasteiger partial charge in [0.15, 0.2) is 0 Å². The fourth-order valence-electron chi connectivity index (χ4n) is 1.96. The molecule has 0 bridgehead atoms. The molecule has 1 aromatic heterocycles. The highest BCUT2D eigenvalue weighted by Gasteiger charge is 2.31. The van der Waals surface area contributed by atoms with Crippen molar-refractivity contribution in [2.24, 2.45) is 0 Å². The molecule has 1 unspecified atom stereocenters. The highest BCUT2D eigenvalue weighted by atomic mass is 35.5. The third-order valence-corrected chi connectivity index (χ3v) is 4.63. The summed E-state index contributed by atoms with van der Waals surface area (Å²) in [5.74, 6) is 0.587. The van der Waals surface area contributed by atoms with Gasteiger partial charge in [-0.25, -0.2) is 22.7 Å². The average molecular weight is 291 g/mol. The Bertz CT molecular complexity index is 519. The quantitative estimate of drug-likeness (QED) is 0.815. The van der Waals surface area contributed by atoms with Crippen LogP contribution in [0.3, 0.4) is 0 Å². The first-order valence-electron chi connectivity index (χ1n) is 5.53. The van der Waals surface area contributed by atoms with Crippen molar-refractivity contribution in [1.82, 2.24) is 14.3 Å². The minimum absolute atomic E-state index is 0.0284. The van der Waals surface area contributed by atoms with Crippen LogP contribution in [0, 0.1) is 0 Å². The number of sulfonamides is 1. The summed E-state index contributed by atoms with van der Waals surface area (Å²) in [5, 5.41) is 0.489. The maximum Gasteiger partial charge on any atom is 0.225 e. The molecule has 0 aliphatic carbocycles. The largest absolute Gasteiger partial charge is 0.339 e. The Morgan fingerprint density at radius 2 is 2.06 bits per heavy atom. The van der Waals surface area contributed by atoms with E-state index in [1.54, 1.807) is 7.05 Å². The molecule has 0 saturated carbocycles. The van der Waals surface area contributed by atoms with Crippen LogP contribution in [0.1, 0.15) is 6.42 Å². The van der Waals surface area contributed by atoms with E-state index in [2.05, 4.69) is 9.97 Å². The van der Waals surface area contributed by atoms with E-state index >= 15 is 0 Å². The lowest BCUT2D eigenvalue weighted by Gasteiger charge is -2.22. The van der Waals surface area contributed by atoms with E-state index in [1.165, 1.54) is 23.0 Å². The zero-order valence-corrected chi connectivity index (χ0v) is 11.8. The number of hydrogen-bond acceptors (Lipinski definition) is 5. The third kappa shape index (κ3) is 2.90. The maximum absolute atomic E-state index is 11.5. The van der Waals surface area contributed by atoms with Gasteiger partial charge in [-0.1, -0.05) is 11.6 Å². The first-order chi connectivity index (χ1) is 8.38. The van der Waals surface area contributed by atoms with Crippen LogP contribution < -0.4 is 4.90 Å². The molecule has 1 aromatic rings.